The van der Waals surface area contributed by atoms with Crippen LogP contribution in [0.2, 0.25) is 0 Å². The molecular weight excluding hydrogens is 268 g/mol. The normalized spacial score (nSPS) is 13.3. The van der Waals surface area contributed by atoms with Crippen LogP contribution in [0.1, 0.15) is 11.1 Å². The molecule has 0 unspecified atom stereocenters. The number of aryl methyl sites for hydroxylation is 3. The van der Waals surface area contributed by atoms with Crippen LogP contribution in [0.3, 0.4) is 0 Å². The molecule has 0 spiro atoms. The van der Waals surface area contributed by atoms with E-state index in [2.05, 4.69) is 71.2 Å². The van der Waals surface area contributed by atoms with Gasteiger partial charge in [-0.1, -0.05) is 30.3 Å². The van der Waals surface area contributed by atoms with E-state index < -0.39 is 0 Å². The topological polar surface area (TPSA) is 19.7 Å². The van der Waals surface area contributed by atoms with Crippen molar-refractivity contribution >= 4 is 21.8 Å². The van der Waals surface area contributed by atoms with E-state index in [1.807, 2.05) is 0 Å². The van der Waals surface area contributed by atoms with Crippen molar-refractivity contribution in [2.75, 3.05) is 0 Å². The molecule has 2 heterocycles. The van der Waals surface area contributed by atoms with E-state index in [1.54, 1.807) is 0 Å². The number of hydrogen-bond donors (Lipinski definition) is 1. The summed E-state index contributed by atoms with van der Waals surface area (Å²) >= 11 is 0. The quantitative estimate of drug-likeness (QED) is 0.473. The summed E-state index contributed by atoms with van der Waals surface area (Å²) in [6.45, 7) is 0. The molecule has 0 radical (unpaired) electrons. The van der Waals surface area contributed by atoms with Gasteiger partial charge in [0, 0.05) is 27.9 Å². The van der Waals surface area contributed by atoms with Crippen molar-refractivity contribution in [2.45, 2.75) is 12.8 Å². The van der Waals surface area contributed by atoms with E-state index >= 15 is 0 Å². The van der Waals surface area contributed by atoms with Crippen LogP contribution in [0.15, 0.2) is 54.6 Å². The summed E-state index contributed by atoms with van der Waals surface area (Å²) in [4.78, 5) is 3.66. The molecule has 4 aromatic rings. The van der Waals surface area contributed by atoms with Crippen LogP contribution >= 0.6 is 0 Å². The fourth-order valence-corrected chi connectivity index (χ4v) is 3.95. The van der Waals surface area contributed by atoms with Crippen LogP contribution < -0.4 is 4.57 Å². The minimum Gasteiger partial charge on any atom is -0.349 e. The van der Waals surface area contributed by atoms with Crippen LogP contribution in [0.25, 0.3) is 33.2 Å². The van der Waals surface area contributed by atoms with Gasteiger partial charge in [-0.05, 0) is 36.6 Å². The van der Waals surface area contributed by atoms with Crippen LogP contribution in [0, 0.1) is 0 Å². The molecule has 1 aliphatic carbocycles. The molecule has 0 saturated carbocycles. The first kappa shape index (κ1) is 12.0. The van der Waals surface area contributed by atoms with Gasteiger partial charge in [-0.25, -0.2) is 0 Å². The number of pyridine rings is 1. The van der Waals surface area contributed by atoms with Crippen molar-refractivity contribution in [2.24, 2.45) is 7.05 Å². The number of nitrogens with zero attached hydrogens (tertiary/aromatic N) is 1. The number of para-hydroxylation sites is 2. The molecule has 0 saturated heterocycles. The van der Waals surface area contributed by atoms with Gasteiger partial charge in [0.2, 0.25) is 11.2 Å². The van der Waals surface area contributed by atoms with Gasteiger partial charge >= 0.3 is 0 Å². The molecular formula is C20H17N2+. The van der Waals surface area contributed by atoms with Gasteiger partial charge < -0.3 is 4.98 Å². The Morgan fingerprint density at radius 1 is 0.955 bits per heavy atom. The second-order valence-electron chi connectivity index (χ2n) is 6.16. The molecule has 0 aliphatic heterocycles. The molecule has 1 N–H and O–H groups in total. The molecule has 106 valence electrons. The first-order chi connectivity index (χ1) is 10.8. The van der Waals surface area contributed by atoms with Gasteiger partial charge in [0.15, 0.2) is 0 Å². The molecule has 0 amide bonds. The Bertz CT molecular complexity index is 1040. The van der Waals surface area contributed by atoms with E-state index in [-0.39, 0.29) is 0 Å². The smallest absolute Gasteiger partial charge is 0.232 e. The predicted octanol–water partition coefficient (Wildman–Crippen LogP) is 3.91. The lowest BCUT2D eigenvalue weighted by Gasteiger charge is -2.15. The second-order valence-corrected chi connectivity index (χ2v) is 6.16. The monoisotopic (exact) mass is 285 g/mol. The summed E-state index contributed by atoms with van der Waals surface area (Å²) in [6, 6.07) is 19.6. The summed E-state index contributed by atoms with van der Waals surface area (Å²) in [5.41, 5.74) is 8.09. The van der Waals surface area contributed by atoms with Gasteiger partial charge in [-0.2, -0.15) is 4.57 Å². The fourth-order valence-electron chi connectivity index (χ4n) is 3.95. The zero-order valence-electron chi connectivity index (χ0n) is 12.6. The first-order valence-electron chi connectivity index (χ1n) is 7.83. The molecule has 0 bridgehead atoms. The van der Waals surface area contributed by atoms with Crippen molar-refractivity contribution in [1.82, 2.24) is 4.98 Å². The summed E-state index contributed by atoms with van der Waals surface area (Å²) in [5.74, 6) is 0. The Kier molecular flexibility index (Phi) is 2.29. The summed E-state index contributed by atoms with van der Waals surface area (Å²) in [5, 5.41) is 2.69. The van der Waals surface area contributed by atoms with Crippen molar-refractivity contribution in [3.8, 4) is 11.4 Å². The lowest BCUT2D eigenvalue weighted by molar-refractivity contribution is -0.634. The van der Waals surface area contributed by atoms with E-state index in [0.29, 0.717) is 0 Å². The Labute approximate surface area is 129 Å². The highest BCUT2D eigenvalue weighted by atomic mass is 15.0. The lowest BCUT2D eigenvalue weighted by atomic mass is 9.91. The standard InChI is InChI=1S/C20H16N2/c1-22-18-9-5-2-6-13(18)12-14-10-11-16-15-7-3-4-8-17(15)21-19(16)20(14)22/h2-9,12H,10-11H2,1H3/p+1. The maximum Gasteiger partial charge on any atom is 0.232 e. The number of aromatic nitrogens is 2. The highest BCUT2D eigenvalue weighted by Crippen LogP contribution is 2.36. The number of hydrogen-bond acceptors (Lipinski definition) is 0. The molecule has 2 aromatic carbocycles. The maximum atomic E-state index is 3.66. The first-order valence-corrected chi connectivity index (χ1v) is 7.83. The van der Waals surface area contributed by atoms with Crippen LogP contribution in [0.5, 0.6) is 0 Å². The average molecular weight is 285 g/mol. The Morgan fingerprint density at radius 2 is 1.77 bits per heavy atom. The van der Waals surface area contributed by atoms with Gasteiger partial charge in [-0.15, -0.1) is 0 Å². The Balaban J connectivity index is 1.92. The molecule has 2 aromatic heterocycles. The van der Waals surface area contributed by atoms with Gasteiger partial charge in [0.25, 0.3) is 0 Å². The van der Waals surface area contributed by atoms with E-state index in [9.17, 15) is 0 Å². The summed E-state index contributed by atoms with van der Waals surface area (Å²) in [6.07, 6.45) is 2.23. The average Bonchev–Trinajstić information content (AvgIpc) is 2.93. The molecule has 1 aliphatic rings. The Morgan fingerprint density at radius 3 is 2.73 bits per heavy atom. The van der Waals surface area contributed by atoms with Crippen LogP contribution in [0.4, 0.5) is 0 Å². The molecule has 2 nitrogen and oxygen atoms in total. The predicted molar refractivity (Wildman–Crippen MR) is 89.8 cm³/mol. The molecule has 2 heteroatoms. The van der Waals surface area contributed by atoms with Crippen molar-refractivity contribution < 1.29 is 4.57 Å². The highest BCUT2D eigenvalue weighted by molar-refractivity contribution is 5.92. The second kappa shape index (κ2) is 4.20. The number of H-pyrrole nitrogens is 1. The van der Waals surface area contributed by atoms with Gasteiger partial charge in [-0.3, -0.25) is 0 Å². The summed E-state index contributed by atoms with van der Waals surface area (Å²) < 4.78 is 2.35. The van der Waals surface area contributed by atoms with Crippen molar-refractivity contribution in [1.29, 1.82) is 0 Å². The number of benzene rings is 2. The van der Waals surface area contributed by atoms with Crippen molar-refractivity contribution in [3.63, 3.8) is 0 Å². The minimum atomic E-state index is 1.11. The Hall–Kier alpha value is -2.61. The third-order valence-corrected chi connectivity index (χ3v) is 4.96. The SMILES string of the molecule is C[n+]1c2c(cc3ccccc31)CCc1c-2[nH]c2ccccc12. The number of fused-ring (bicyclic) bond motifs is 6. The minimum absolute atomic E-state index is 1.11. The molecule has 0 fully saturated rings. The van der Waals surface area contributed by atoms with Gasteiger partial charge in [0.05, 0.1) is 0 Å². The number of rotatable bonds is 0. The third kappa shape index (κ3) is 1.47. The van der Waals surface area contributed by atoms with Crippen LogP contribution in [-0.2, 0) is 19.9 Å². The molecule has 0 atom stereocenters. The van der Waals surface area contributed by atoms with Crippen molar-refractivity contribution in [3.05, 3.63) is 65.7 Å². The molecule has 22 heavy (non-hydrogen) atoms. The number of aromatic amines is 1. The van der Waals surface area contributed by atoms with E-state index in [1.165, 1.54) is 44.3 Å². The van der Waals surface area contributed by atoms with E-state index in [4.69, 9.17) is 0 Å². The van der Waals surface area contributed by atoms with E-state index in [0.717, 1.165) is 12.8 Å². The maximum absolute atomic E-state index is 3.66. The number of nitrogens with one attached hydrogen (secondary N) is 1. The highest BCUT2D eigenvalue weighted by Gasteiger charge is 2.28. The van der Waals surface area contributed by atoms with Crippen LogP contribution in [-0.4, -0.2) is 4.98 Å². The largest absolute Gasteiger partial charge is 0.349 e. The summed E-state index contributed by atoms with van der Waals surface area (Å²) in [7, 11) is 2.18. The van der Waals surface area contributed by atoms with Gasteiger partial charge in [0.1, 0.15) is 12.7 Å². The molecule has 5 rings (SSSR count). The zero-order chi connectivity index (χ0) is 14.7. The lowest BCUT2D eigenvalue weighted by Crippen LogP contribution is -2.35. The zero-order valence-corrected chi connectivity index (χ0v) is 12.6. The third-order valence-electron chi connectivity index (χ3n) is 4.96. The fraction of sp³-hybridized carbons (Fsp3) is 0.150.